The lowest BCUT2D eigenvalue weighted by Gasteiger charge is -2.19. The Morgan fingerprint density at radius 1 is 0.839 bits per heavy atom. The molecule has 0 saturated heterocycles. The summed E-state index contributed by atoms with van der Waals surface area (Å²) in [6, 6.07) is 20.5. The van der Waals surface area contributed by atoms with Crippen LogP contribution in [0, 0.1) is 0 Å². The fourth-order valence-corrected chi connectivity index (χ4v) is 3.81. The molecule has 158 valence electrons. The fourth-order valence-electron chi connectivity index (χ4n) is 2.94. The normalized spacial score (nSPS) is 13.0. The van der Waals surface area contributed by atoms with E-state index in [0.717, 1.165) is 11.0 Å². The Labute approximate surface area is 180 Å². The smallest absolute Gasteiger partial charge is 0.255 e. The standard InChI is InChI=1S/C23H20N2O5S/c26-23(24-20-10-11-21-22(16-20)30-14-13-29-21)18-6-8-19(9-7-18)25-31(27,28)15-12-17-4-2-1-3-5-17/h1-12,15-16,25H,13-14H2,(H,24,26)/b15-12+. The first kappa shape index (κ1) is 20.5. The largest absolute Gasteiger partial charge is 0.486 e. The molecule has 1 heterocycles. The number of amides is 1. The van der Waals surface area contributed by atoms with Gasteiger partial charge in [0.1, 0.15) is 13.2 Å². The number of sulfonamides is 1. The van der Waals surface area contributed by atoms with Gasteiger partial charge in [0.25, 0.3) is 15.9 Å². The predicted molar refractivity (Wildman–Crippen MR) is 120 cm³/mol. The second kappa shape index (κ2) is 8.93. The number of nitrogens with one attached hydrogen (secondary N) is 2. The van der Waals surface area contributed by atoms with Gasteiger partial charge in [-0.25, -0.2) is 8.42 Å². The van der Waals surface area contributed by atoms with Gasteiger partial charge in [0, 0.05) is 23.0 Å². The quantitative estimate of drug-likeness (QED) is 0.606. The zero-order chi connectivity index (χ0) is 21.7. The second-order valence-corrected chi connectivity index (χ2v) is 8.32. The van der Waals surface area contributed by atoms with Gasteiger partial charge in [-0.1, -0.05) is 30.3 Å². The SMILES string of the molecule is O=C(Nc1ccc2c(c1)OCCO2)c1ccc(NS(=O)(=O)/C=C/c2ccccc2)cc1. The summed E-state index contributed by atoms with van der Waals surface area (Å²) in [7, 11) is -3.68. The van der Waals surface area contributed by atoms with Gasteiger partial charge in [-0.3, -0.25) is 9.52 Å². The zero-order valence-electron chi connectivity index (χ0n) is 16.4. The molecule has 8 heteroatoms. The van der Waals surface area contributed by atoms with Crippen molar-refractivity contribution in [1.82, 2.24) is 0 Å². The van der Waals surface area contributed by atoms with Gasteiger partial charge in [0.15, 0.2) is 11.5 Å². The minimum absolute atomic E-state index is 0.324. The molecule has 0 atom stereocenters. The number of rotatable bonds is 6. The molecule has 0 radical (unpaired) electrons. The van der Waals surface area contributed by atoms with Crippen LogP contribution >= 0.6 is 0 Å². The highest BCUT2D eigenvalue weighted by Crippen LogP contribution is 2.32. The van der Waals surface area contributed by atoms with Crippen LogP contribution in [0.2, 0.25) is 0 Å². The Morgan fingerprint density at radius 2 is 1.52 bits per heavy atom. The van der Waals surface area contributed by atoms with Gasteiger partial charge in [-0.15, -0.1) is 0 Å². The lowest BCUT2D eigenvalue weighted by atomic mass is 10.2. The van der Waals surface area contributed by atoms with Crippen molar-refractivity contribution in [2.45, 2.75) is 0 Å². The van der Waals surface area contributed by atoms with Crippen LogP contribution < -0.4 is 19.5 Å². The molecule has 1 aliphatic rings. The van der Waals surface area contributed by atoms with Crippen LogP contribution in [0.15, 0.2) is 78.2 Å². The average Bonchev–Trinajstić information content (AvgIpc) is 2.79. The molecule has 4 rings (SSSR count). The third-order valence-electron chi connectivity index (χ3n) is 4.45. The van der Waals surface area contributed by atoms with Crippen LogP contribution in [0.25, 0.3) is 6.08 Å². The van der Waals surface area contributed by atoms with Crippen molar-refractivity contribution < 1.29 is 22.7 Å². The van der Waals surface area contributed by atoms with Crippen molar-refractivity contribution in [2.24, 2.45) is 0 Å². The van der Waals surface area contributed by atoms with E-state index in [0.29, 0.717) is 41.7 Å². The molecule has 0 aromatic heterocycles. The first-order valence-electron chi connectivity index (χ1n) is 9.55. The average molecular weight is 436 g/mol. The number of anilines is 2. The number of fused-ring (bicyclic) bond motifs is 1. The van der Waals surface area contributed by atoms with E-state index in [-0.39, 0.29) is 5.91 Å². The number of carbonyl (C=O) groups is 1. The first-order valence-corrected chi connectivity index (χ1v) is 11.1. The van der Waals surface area contributed by atoms with E-state index in [9.17, 15) is 13.2 Å². The minimum atomic E-state index is -3.68. The van der Waals surface area contributed by atoms with Crippen LogP contribution in [-0.2, 0) is 10.0 Å². The topological polar surface area (TPSA) is 93.7 Å². The van der Waals surface area contributed by atoms with Crippen LogP contribution in [-0.4, -0.2) is 27.5 Å². The number of carbonyl (C=O) groups excluding carboxylic acids is 1. The summed E-state index contributed by atoms with van der Waals surface area (Å²) in [6.07, 6.45) is 1.51. The number of ether oxygens (including phenoxy) is 2. The zero-order valence-corrected chi connectivity index (χ0v) is 17.3. The Morgan fingerprint density at radius 3 is 2.26 bits per heavy atom. The van der Waals surface area contributed by atoms with Crippen molar-refractivity contribution in [2.75, 3.05) is 23.3 Å². The van der Waals surface area contributed by atoms with E-state index in [2.05, 4.69) is 10.0 Å². The van der Waals surface area contributed by atoms with E-state index in [1.54, 1.807) is 42.5 Å². The third kappa shape index (κ3) is 5.43. The maximum atomic E-state index is 12.5. The number of hydrogen-bond donors (Lipinski definition) is 2. The molecule has 7 nitrogen and oxygen atoms in total. The number of hydrogen-bond acceptors (Lipinski definition) is 5. The summed E-state index contributed by atoms with van der Waals surface area (Å²) in [6.45, 7) is 0.958. The Bertz CT molecular complexity index is 1210. The minimum Gasteiger partial charge on any atom is -0.486 e. The van der Waals surface area contributed by atoms with Gasteiger partial charge in [0.05, 0.1) is 5.41 Å². The molecule has 2 N–H and O–H groups in total. The molecule has 3 aromatic rings. The Kier molecular flexibility index (Phi) is 5.90. The van der Waals surface area contributed by atoms with Crippen molar-refractivity contribution in [1.29, 1.82) is 0 Å². The molecule has 0 aliphatic carbocycles. The summed E-state index contributed by atoms with van der Waals surface area (Å²) in [5, 5.41) is 3.89. The van der Waals surface area contributed by atoms with E-state index >= 15 is 0 Å². The molecular weight excluding hydrogens is 416 g/mol. The molecule has 0 fully saturated rings. The summed E-state index contributed by atoms with van der Waals surface area (Å²) in [5.74, 6) is 0.898. The maximum absolute atomic E-state index is 12.5. The highest BCUT2D eigenvalue weighted by molar-refractivity contribution is 7.95. The van der Waals surface area contributed by atoms with E-state index in [1.807, 2.05) is 18.2 Å². The van der Waals surface area contributed by atoms with E-state index in [1.165, 1.54) is 18.2 Å². The molecule has 1 amide bonds. The van der Waals surface area contributed by atoms with E-state index in [4.69, 9.17) is 9.47 Å². The van der Waals surface area contributed by atoms with Crippen molar-refractivity contribution in [3.05, 3.63) is 89.3 Å². The molecular formula is C23H20N2O5S. The predicted octanol–water partition coefficient (Wildman–Crippen LogP) is 4.12. The molecule has 31 heavy (non-hydrogen) atoms. The Hall–Kier alpha value is -3.78. The Balaban J connectivity index is 1.39. The lowest BCUT2D eigenvalue weighted by Crippen LogP contribution is -2.16. The van der Waals surface area contributed by atoms with Gasteiger partial charge in [0.2, 0.25) is 0 Å². The van der Waals surface area contributed by atoms with Crippen LogP contribution in [0.1, 0.15) is 15.9 Å². The molecule has 1 aliphatic heterocycles. The van der Waals surface area contributed by atoms with Crippen molar-refractivity contribution in [3.8, 4) is 11.5 Å². The van der Waals surface area contributed by atoms with Gasteiger partial charge in [-0.2, -0.15) is 0 Å². The number of benzene rings is 3. The fraction of sp³-hybridized carbons (Fsp3) is 0.0870. The van der Waals surface area contributed by atoms with Crippen LogP contribution in [0.3, 0.4) is 0 Å². The summed E-state index contributed by atoms with van der Waals surface area (Å²) >= 11 is 0. The van der Waals surface area contributed by atoms with Crippen LogP contribution in [0.4, 0.5) is 11.4 Å². The summed E-state index contributed by atoms with van der Waals surface area (Å²) in [4.78, 5) is 12.5. The van der Waals surface area contributed by atoms with Crippen molar-refractivity contribution >= 4 is 33.4 Å². The maximum Gasteiger partial charge on any atom is 0.255 e. The van der Waals surface area contributed by atoms with Crippen molar-refractivity contribution in [3.63, 3.8) is 0 Å². The van der Waals surface area contributed by atoms with Gasteiger partial charge >= 0.3 is 0 Å². The first-order chi connectivity index (χ1) is 15.0. The highest BCUT2D eigenvalue weighted by atomic mass is 32.2. The van der Waals surface area contributed by atoms with Crippen LogP contribution in [0.5, 0.6) is 11.5 Å². The summed E-state index contributed by atoms with van der Waals surface area (Å²) in [5.41, 5.74) is 2.09. The second-order valence-electron chi connectivity index (χ2n) is 6.75. The van der Waals surface area contributed by atoms with E-state index < -0.39 is 10.0 Å². The molecule has 0 saturated carbocycles. The molecule has 0 spiro atoms. The summed E-state index contributed by atoms with van der Waals surface area (Å²) < 4.78 is 37.9. The molecule has 3 aromatic carbocycles. The van der Waals surface area contributed by atoms with Gasteiger partial charge < -0.3 is 14.8 Å². The third-order valence-corrected chi connectivity index (χ3v) is 5.46. The van der Waals surface area contributed by atoms with Gasteiger partial charge in [-0.05, 0) is 48.0 Å². The molecule has 0 unspecified atom stereocenters. The lowest BCUT2D eigenvalue weighted by molar-refractivity contribution is 0.102. The monoisotopic (exact) mass is 436 g/mol. The highest BCUT2D eigenvalue weighted by Gasteiger charge is 2.14. The molecule has 0 bridgehead atoms.